The summed E-state index contributed by atoms with van der Waals surface area (Å²) in [5.41, 5.74) is 0.281. The third-order valence-corrected chi connectivity index (χ3v) is 2.70. The Kier molecular flexibility index (Phi) is 4.93. The highest BCUT2D eigenvalue weighted by molar-refractivity contribution is 5.90. The molecule has 1 aromatic heterocycles. The lowest BCUT2D eigenvalue weighted by Gasteiger charge is -2.21. The van der Waals surface area contributed by atoms with Crippen LogP contribution in [0.25, 0.3) is 0 Å². The Morgan fingerprint density at radius 1 is 1.56 bits per heavy atom. The summed E-state index contributed by atoms with van der Waals surface area (Å²) in [6.07, 6.45) is 0. The van der Waals surface area contributed by atoms with Gasteiger partial charge in [-0.15, -0.1) is 0 Å². The zero-order valence-corrected chi connectivity index (χ0v) is 11.4. The Morgan fingerprint density at radius 3 is 2.78 bits per heavy atom. The van der Waals surface area contributed by atoms with Gasteiger partial charge in [0, 0.05) is 18.6 Å². The van der Waals surface area contributed by atoms with E-state index in [4.69, 9.17) is 9.52 Å². The summed E-state index contributed by atoms with van der Waals surface area (Å²) >= 11 is 0. The minimum Gasteiger partial charge on any atom is -0.465 e. The number of hydrogen-bond donors (Lipinski definition) is 2. The quantitative estimate of drug-likeness (QED) is 0.753. The molecule has 0 saturated heterocycles. The Labute approximate surface area is 107 Å². The first kappa shape index (κ1) is 14.7. The van der Waals surface area contributed by atoms with Crippen LogP contribution in [0.5, 0.6) is 0 Å². The first-order valence-corrected chi connectivity index (χ1v) is 5.89. The predicted molar refractivity (Wildman–Crippen MR) is 67.4 cm³/mol. The fourth-order valence-electron chi connectivity index (χ4n) is 1.52. The minimum atomic E-state index is -0.391. The normalized spacial score (nSPS) is 11.6. The van der Waals surface area contributed by atoms with Crippen LogP contribution in [0.2, 0.25) is 0 Å². The summed E-state index contributed by atoms with van der Waals surface area (Å²) in [6, 6.07) is 1.68. The second-order valence-corrected chi connectivity index (χ2v) is 5.10. The molecule has 102 valence electrons. The van der Waals surface area contributed by atoms with Crippen LogP contribution in [0, 0.1) is 12.3 Å². The van der Waals surface area contributed by atoms with Crippen LogP contribution in [0.3, 0.4) is 0 Å². The van der Waals surface area contributed by atoms with Crippen molar-refractivity contribution < 1.29 is 19.1 Å². The monoisotopic (exact) mass is 255 g/mol. The van der Waals surface area contributed by atoms with Crippen molar-refractivity contribution in [1.29, 1.82) is 0 Å². The number of hydrogen-bond acceptors (Lipinski definition) is 5. The molecular weight excluding hydrogens is 234 g/mol. The van der Waals surface area contributed by atoms with Crippen LogP contribution in [-0.4, -0.2) is 31.3 Å². The van der Waals surface area contributed by atoms with E-state index < -0.39 is 5.97 Å². The van der Waals surface area contributed by atoms with Crippen molar-refractivity contribution >= 4 is 5.97 Å². The first-order chi connectivity index (χ1) is 8.39. The standard InChI is InChI=1S/C13H21NO4/c1-9-11(12(16)17-4)5-10(18-9)6-14-7-13(2,3)8-15/h5,14-15H,6-8H2,1-4H3. The fraction of sp³-hybridized carbons (Fsp3) is 0.615. The number of carbonyl (C=O) groups is 1. The molecule has 0 amide bonds. The Morgan fingerprint density at radius 2 is 2.22 bits per heavy atom. The second-order valence-electron chi connectivity index (χ2n) is 5.10. The summed E-state index contributed by atoms with van der Waals surface area (Å²) < 4.78 is 10.1. The number of carbonyl (C=O) groups excluding carboxylic acids is 1. The number of rotatable bonds is 6. The van der Waals surface area contributed by atoms with E-state index in [1.807, 2.05) is 13.8 Å². The highest BCUT2D eigenvalue weighted by Crippen LogP contribution is 2.16. The molecule has 0 aromatic carbocycles. The minimum absolute atomic E-state index is 0.116. The lowest BCUT2D eigenvalue weighted by molar-refractivity contribution is 0.0599. The van der Waals surface area contributed by atoms with Crippen LogP contribution in [0.15, 0.2) is 10.5 Å². The smallest absolute Gasteiger partial charge is 0.341 e. The molecule has 0 aliphatic rings. The first-order valence-electron chi connectivity index (χ1n) is 5.89. The van der Waals surface area contributed by atoms with E-state index in [2.05, 4.69) is 10.1 Å². The largest absolute Gasteiger partial charge is 0.465 e. The van der Waals surface area contributed by atoms with Crippen LogP contribution in [0.1, 0.15) is 35.7 Å². The van der Waals surface area contributed by atoms with Gasteiger partial charge in [0.1, 0.15) is 17.1 Å². The van der Waals surface area contributed by atoms with Crippen LogP contribution >= 0.6 is 0 Å². The summed E-state index contributed by atoms with van der Waals surface area (Å²) in [5, 5.41) is 12.3. The van der Waals surface area contributed by atoms with Gasteiger partial charge in [-0.25, -0.2) is 4.79 Å². The molecule has 1 heterocycles. The molecule has 0 atom stereocenters. The molecule has 0 saturated carbocycles. The molecule has 0 spiro atoms. The van der Waals surface area contributed by atoms with Crippen molar-refractivity contribution in [3.8, 4) is 0 Å². The van der Waals surface area contributed by atoms with Gasteiger partial charge in [0.25, 0.3) is 0 Å². The van der Waals surface area contributed by atoms with Crippen molar-refractivity contribution in [2.24, 2.45) is 5.41 Å². The molecule has 1 rings (SSSR count). The predicted octanol–water partition coefficient (Wildman–Crippen LogP) is 1.48. The lowest BCUT2D eigenvalue weighted by atomic mass is 9.95. The summed E-state index contributed by atoms with van der Waals surface area (Å²) in [5.74, 6) is 0.847. The van der Waals surface area contributed by atoms with E-state index in [0.29, 0.717) is 30.2 Å². The Hall–Kier alpha value is -1.33. The molecule has 0 bridgehead atoms. The molecule has 0 fully saturated rings. The summed E-state index contributed by atoms with van der Waals surface area (Å²) in [4.78, 5) is 11.4. The van der Waals surface area contributed by atoms with Crippen molar-refractivity contribution in [3.05, 3.63) is 23.2 Å². The van der Waals surface area contributed by atoms with Crippen molar-refractivity contribution in [2.75, 3.05) is 20.3 Å². The SMILES string of the molecule is COC(=O)c1cc(CNCC(C)(C)CO)oc1C. The van der Waals surface area contributed by atoms with E-state index in [1.165, 1.54) is 7.11 Å². The van der Waals surface area contributed by atoms with Crippen molar-refractivity contribution in [3.63, 3.8) is 0 Å². The van der Waals surface area contributed by atoms with E-state index in [0.717, 1.165) is 0 Å². The third-order valence-electron chi connectivity index (χ3n) is 2.70. The average molecular weight is 255 g/mol. The number of nitrogens with one attached hydrogen (secondary N) is 1. The molecule has 0 aliphatic carbocycles. The van der Waals surface area contributed by atoms with Crippen LogP contribution in [0.4, 0.5) is 0 Å². The summed E-state index contributed by atoms with van der Waals surface area (Å²) in [7, 11) is 1.34. The van der Waals surface area contributed by atoms with E-state index in [9.17, 15) is 4.79 Å². The second kappa shape index (κ2) is 6.02. The highest BCUT2D eigenvalue weighted by atomic mass is 16.5. The molecule has 5 heteroatoms. The van der Waals surface area contributed by atoms with Gasteiger partial charge in [0.15, 0.2) is 0 Å². The molecule has 0 unspecified atom stereocenters. The van der Waals surface area contributed by atoms with Gasteiger partial charge in [-0.05, 0) is 13.0 Å². The third kappa shape index (κ3) is 3.85. The van der Waals surface area contributed by atoms with Gasteiger partial charge >= 0.3 is 5.97 Å². The lowest BCUT2D eigenvalue weighted by Crippen LogP contribution is -2.31. The van der Waals surface area contributed by atoms with E-state index in [1.54, 1.807) is 13.0 Å². The molecule has 0 radical (unpaired) electrons. The average Bonchev–Trinajstić information content (AvgIpc) is 2.69. The zero-order chi connectivity index (χ0) is 13.8. The molecule has 0 aliphatic heterocycles. The Bertz CT molecular complexity index is 409. The highest BCUT2D eigenvalue weighted by Gasteiger charge is 2.18. The number of furan rings is 1. The van der Waals surface area contributed by atoms with Gasteiger partial charge < -0.3 is 19.6 Å². The maximum Gasteiger partial charge on any atom is 0.341 e. The Balaban J connectivity index is 2.57. The number of aliphatic hydroxyl groups excluding tert-OH is 1. The topological polar surface area (TPSA) is 71.7 Å². The number of ether oxygens (including phenoxy) is 1. The van der Waals surface area contributed by atoms with Gasteiger partial charge in [0.2, 0.25) is 0 Å². The van der Waals surface area contributed by atoms with Crippen LogP contribution in [-0.2, 0) is 11.3 Å². The number of methoxy groups -OCH3 is 1. The van der Waals surface area contributed by atoms with Crippen LogP contribution < -0.4 is 5.32 Å². The molecule has 18 heavy (non-hydrogen) atoms. The van der Waals surface area contributed by atoms with Gasteiger partial charge in [0.05, 0.1) is 13.7 Å². The molecule has 2 N–H and O–H groups in total. The number of aliphatic hydroxyl groups is 1. The number of aryl methyl sites for hydroxylation is 1. The maximum absolute atomic E-state index is 11.4. The molecular formula is C13H21NO4. The van der Waals surface area contributed by atoms with E-state index >= 15 is 0 Å². The molecule has 1 aromatic rings. The summed E-state index contributed by atoms with van der Waals surface area (Å²) in [6.45, 7) is 6.95. The number of esters is 1. The van der Waals surface area contributed by atoms with Gasteiger partial charge in [-0.2, -0.15) is 0 Å². The van der Waals surface area contributed by atoms with E-state index in [-0.39, 0.29) is 12.0 Å². The zero-order valence-electron chi connectivity index (χ0n) is 11.4. The van der Waals surface area contributed by atoms with Gasteiger partial charge in [-0.1, -0.05) is 13.8 Å². The van der Waals surface area contributed by atoms with Gasteiger partial charge in [-0.3, -0.25) is 0 Å². The maximum atomic E-state index is 11.4. The van der Waals surface area contributed by atoms with Crippen molar-refractivity contribution in [1.82, 2.24) is 5.32 Å². The molecule has 5 nitrogen and oxygen atoms in total. The fourth-order valence-corrected chi connectivity index (χ4v) is 1.52. The van der Waals surface area contributed by atoms with Crippen molar-refractivity contribution in [2.45, 2.75) is 27.3 Å².